The summed E-state index contributed by atoms with van der Waals surface area (Å²) in [4.78, 5) is 99.2. The first-order valence-corrected chi connectivity index (χ1v) is 34.6. The first kappa shape index (κ1) is 75.0. The van der Waals surface area contributed by atoms with E-state index in [0.29, 0.717) is 83.6 Å². The van der Waals surface area contributed by atoms with Gasteiger partial charge >= 0.3 is 23.9 Å². The fourth-order valence-corrected chi connectivity index (χ4v) is 13.1. The Hall–Kier alpha value is -8.04. The maximum absolute atomic E-state index is 13.1. The van der Waals surface area contributed by atoms with E-state index in [1.54, 1.807) is 12.1 Å². The lowest BCUT2D eigenvalue weighted by molar-refractivity contribution is -0.438. The minimum Gasteiger partial charge on any atom is -0.481 e. The summed E-state index contributed by atoms with van der Waals surface area (Å²) in [6, 6.07) is 19.4. The molecular formula is C73H96N5O15S+. The van der Waals surface area contributed by atoms with Gasteiger partial charge in [-0.3, -0.25) is 23.7 Å². The highest BCUT2D eigenvalue weighted by Crippen LogP contribution is 2.49. The number of hydrogen-bond acceptors (Lipinski definition) is 12. The predicted molar refractivity (Wildman–Crippen MR) is 360 cm³/mol. The van der Waals surface area contributed by atoms with E-state index in [1.165, 1.54) is 30.0 Å². The Morgan fingerprint density at radius 2 is 1.31 bits per heavy atom. The zero-order valence-corrected chi connectivity index (χ0v) is 56.0. The molecule has 0 bridgehead atoms. The van der Waals surface area contributed by atoms with E-state index in [1.807, 2.05) is 30.3 Å². The minimum atomic E-state index is -4.49. The Kier molecular flexibility index (Phi) is 28.7. The van der Waals surface area contributed by atoms with Gasteiger partial charge in [0.25, 0.3) is 10.1 Å². The molecular weight excluding hydrogens is 1220 g/mol. The van der Waals surface area contributed by atoms with Gasteiger partial charge in [-0.15, -0.1) is 0 Å². The number of hydrogen-bond donors (Lipinski definition) is 7. The van der Waals surface area contributed by atoms with E-state index in [9.17, 15) is 66.6 Å². The number of para-hydroxylation sites is 2. The Morgan fingerprint density at radius 3 is 1.98 bits per heavy atom. The second kappa shape index (κ2) is 36.0. The molecule has 2 radical (unpaired) electrons. The number of unbranched alkanes of at least 4 members (excludes halogenated alkanes) is 7. The molecule has 7 N–H and O–H groups in total. The molecule has 2 heterocycles. The van der Waals surface area contributed by atoms with Crippen molar-refractivity contribution in [2.75, 3.05) is 24.5 Å². The SMILES string of the molecule is [CH]CCC[N+]1=C(/C=C/C2=C(Oc3ccccc3)C(=C/C=C3/N(CCCCCC(=O)CCCCCC(CC(=O)CCCCC(=O)NCCCCC(NC(=O)NC(CCC(C)=O)C(=O)O)C(=O)O)C(=O)O)c4ccc(S(=O)(=O)O)cc4C3(C)C)/CCC2)C(C)(C)c2ccccc21. The molecule has 3 aliphatic rings. The van der Waals surface area contributed by atoms with Gasteiger partial charge in [0.15, 0.2) is 5.71 Å². The van der Waals surface area contributed by atoms with Crippen molar-refractivity contribution in [2.45, 2.75) is 217 Å². The topological polar surface area (TPSA) is 303 Å². The molecule has 0 spiro atoms. The van der Waals surface area contributed by atoms with E-state index in [2.05, 4.69) is 102 Å². The van der Waals surface area contributed by atoms with Crippen LogP contribution < -0.4 is 25.6 Å². The Labute approximate surface area is 554 Å². The van der Waals surface area contributed by atoms with Crippen molar-refractivity contribution < 1.29 is 76.0 Å². The number of rotatable bonds is 41. The number of anilines is 1. The van der Waals surface area contributed by atoms with Gasteiger partial charge in [-0.05, 0) is 177 Å². The monoisotopic (exact) mass is 1310 g/mol. The molecule has 3 unspecified atom stereocenters. The fourth-order valence-electron chi connectivity index (χ4n) is 12.6. The maximum Gasteiger partial charge on any atom is 0.326 e. The normalized spacial score (nSPS) is 16.8. The van der Waals surface area contributed by atoms with Crippen LogP contribution in [-0.4, -0.2) is 117 Å². The second-order valence-corrected chi connectivity index (χ2v) is 27.3. The molecule has 0 saturated carbocycles. The quantitative estimate of drug-likeness (QED) is 0.0158. The molecule has 0 saturated heterocycles. The van der Waals surface area contributed by atoms with Crippen LogP contribution in [0.15, 0.2) is 125 Å². The van der Waals surface area contributed by atoms with E-state index in [-0.39, 0.29) is 78.6 Å². The van der Waals surface area contributed by atoms with Crippen LogP contribution in [0.2, 0.25) is 0 Å². The molecule has 94 heavy (non-hydrogen) atoms. The van der Waals surface area contributed by atoms with Crippen LogP contribution in [0, 0.1) is 12.8 Å². The van der Waals surface area contributed by atoms with Crippen LogP contribution in [-0.2, 0) is 54.5 Å². The van der Waals surface area contributed by atoms with Crippen LogP contribution in [0.25, 0.3) is 0 Å². The zero-order valence-electron chi connectivity index (χ0n) is 55.2. The smallest absolute Gasteiger partial charge is 0.326 e. The number of carbonyl (C=O) groups excluding carboxylic acids is 5. The number of allylic oxidation sites excluding steroid dienone is 7. The average Bonchev–Trinajstić information content (AvgIpc) is 1.60. The molecule has 3 atom stereocenters. The first-order valence-electron chi connectivity index (χ1n) is 33.2. The summed E-state index contributed by atoms with van der Waals surface area (Å²) in [7, 11) is -4.49. The molecule has 21 heteroatoms. The van der Waals surface area contributed by atoms with Gasteiger partial charge in [-0.1, -0.05) is 75.6 Å². The third-order valence-corrected chi connectivity index (χ3v) is 18.7. The summed E-state index contributed by atoms with van der Waals surface area (Å²) in [5.41, 5.74) is 7.39. The average molecular weight is 1320 g/mol. The number of nitrogens with one attached hydrogen (secondary N) is 3. The summed E-state index contributed by atoms with van der Waals surface area (Å²) in [6.07, 6.45) is 19.0. The summed E-state index contributed by atoms with van der Waals surface area (Å²) in [5, 5.41) is 35.9. The molecule has 1 aliphatic carbocycles. The number of carbonyl (C=O) groups is 8. The van der Waals surface area contributed by atoms with Crippen LogP contribution in [0.5, 0.6) is 5.75 Å². The van der Waals surface area contributed by atoms with Crippen molar-refractivity contribution in [3.63, 3.8) is 0 Å². The number of aliphatic carboxylic acids is 3. The lowest BCUT2D eigenvalue weighted by atomic mass is 9.81. The molecule has 20 nitrogen and oxygen atoms in total. The number of carboxylic acids is 3. The number of nitrogens with zero attached hydrogens (tertiary/aromatic N) is 2. The highest BCUT2D eigenvalue weighted by atomic mass is 32.2. The van der Waals surface area contributed by atoms with E-state index >= 15 is 0 Å². The standard InChI is InChI=1S/C73H95N5O15S/c1-7-8-46-77-62-35-19-18-33-58(62)72(3,4)64(77)43-38-51-26-24-27-52(67(51)93-56-31-15-10-16-32-56)39-44-65-73(5,6)59-49-57(94(90,91)92)40-42-63(59)78(65)47-23-11-14-29-54(80)28-13-9-12-25-53(68(83)84)48-55(81)30-17-20-36-66(82)74-45-22-21-34-60(69(85)86)75-71(89)76-61(70(87)88)41-37-50(2)79/h1,10,15-16,18-19,31-33,35,38-40,42-44,49,53,60-61H,7-9,11-14,17,20-30,34,36-37,41,45-48H2,2-6H3,(H6-,74,75,76,82,83,84,85,86,87,88,89,90,91,92)/p+1. The number of fused-ring (bicyclic) bond motifs is 2. The highest BCUT2D eigenvalue weighted by molar-refractivity contribution is 7.85. The molecule has 0 aromatic heterocycles. The van der Waals surface area contributed by atoms with Crippen LogP contribution in [0.1, 0.15) is 200 Å². The van der Waals surface area contributed by atoms with E-state index in [0.717, 1.165) is 84.7 Å². The Morgan fingerprint density at radius 1 is 0.670 bits per heavy atom. The predicted octanol–water partition coefficient (Wildman–Crippen LogP) is 12.6. The fraction of sp³-hybridized carbons (Fsp3) is 0.507. The van der Waals surface area contributed by atoms with Crippen molar-refractivity contribution in [1.29, 1.82) is 0 Å². The van der Waals surface area contributed by atoms with Crippen LogP contribution in [0.4, 0.5) is 16.2 Å². The lowest BCUT2D eigenvalue weighted by Crippen LogP contribution is -2.51. The van der Waals surface area contributed by atoms with Gasteiger partial charge in [0.2, 0.25) is 11.6 Å². The second-order valence-electron chi connectivity index (χ2n) is 25.9. The van der Waals surface area contributed by atoms with Gasteiger partial charge in [-0.2, -0.15) is 13.0 Å². The number of benzene rings is 3. The van der Waals surface area contributed by atoms with Crippen molar-refractivity contribution in [3.05, 3.63) is 138 Å². The minimum absolute atomic E-state index is 0.0128. The van der Waals surface area contributed by atoms with Crippen LogP contribution in [0.3, 0.4) is 0 Å². The van der Waals surface area contributed by atoms with Crippen LogP contribution >= 0.6 is 0 Å². The molecule has 2 aliphatic heterocycles. The van der Waals surface area contributed by atoms with Crippen molar-refractivity contribution >= 4 is 74.4 Å². The summed E-state index contributed by atoms with van der Waals surface area (Å²) >= 11 is 0. The largest absolute Gasteiger partial charge is 0.481 e. The van der Waals surface area contributed by atoms with Gasteiger partial charge in [0.05, 0.1) is 16.2 Å². The molecule has 0 fully saturated rings. The molecule has 3 aromatic rings. The first-order chi connectivity index (χ1) is 44.7. The van der Waals surface area contributed by atoms with E-state index < -0.39 is 57.5 Å². The number of urea groups is 1. The molecule has 6 rings (SSSR count). The highest BCUT2D eigenvalue weighted by Gasteiger charge is 2.44. The maximum atomic E-state index is 13.1. The number of amides is 3. The van der Waals surface area contributed by atoms with Gasteiger partial charge in [0, 0.05) is 92.5 Å². The Bertz CT molecular complexity index is 3470. The number of Topliss-reactive ketones (excluding diaryl/α,β-unsaturated/α-hetero) is 3. The number of ether oxygens (including phenoxy) is 1. The zero-order chi connectivity index (χ0) is 68.6. The van der Waals surface area contributed by atoms with Gasteiger partial charge < -0.3 is 45.7 Å². The van der Waals surface area contributed by atoms with E-state index in [4.69, 9.17) is 11.7 Å². The van der Waals surface area contributed by atoms with Gasteiger partial charge in [-0.25, -0.2) is 14.4 Å². The third-order valence-electron chi connectivity index (χ3n) is 17.9. The molecule has 508 valence electrons. The molecule has 3 amide bonds. The lowest BCUT2D eigenvalue weighted by Gasteiger charge is -2.27. The number of ketones is 3. The Balaban J connectivity index is 0.958. The summed E-state index contributed by atoms with van der Waals surface area (Å²) in [5.74, 6) is -3.70. The van der Waals surface area contributed by atoms with Crippen molar-refractivity contribution in [3.8, 4) is 5.75 Å². The summed E-state index contributed by atoms with van der Waals surface area (Å²) < 4.78 is 44.3. The summed E-state index contributed by atoms with van der Waals surface area (Å²) in [6.45, 7) is 17.6. The molecule has 3 aromatic carbocycles. The number of carboxylic acid groups (broad SMARTS) is 3. The van der Waals surface area contributed by atoms with Crippen molar-refractivity contribution in [1.82, 2.24) is 16.0 Å². The van der Waals surface area contributed by atoms with Crippen molar-refractivity contribution in [2.24, 2.45) is 5.92 Å². The third kappa shape index (κ3) is 22.0. The van der Waals surface area contributed by atoms with Gasteiger partial charge in [0.1, 0.15) is 47.5 Å².